The minimum atomic E-state index is -0.603. The molecule has 5 rings (SSSR count). The molecule has 2 saturated heterocycles. The third-order valence-corrected chi connectivity index (χ3v) is 8.18. The van der Waals surface area contributed by atoms with Crippen molar-refractivity contribution in [2.75, 3.05) is 13.2 Å². The summed E-state index contributed by atoms with van der Waals surface area (Å²) in [6.07, 6.45) is 11.6. The first kappa shape index (κ1) is 24.9. The van der Waals surface area contributed by atoms with Crippen LogP contribution in [0.3, 0.4) is 0 Å². The first-order chi connectivity index (χ1) is 17.2. The van der Waals surface area contributed by atoms with E-state index in [1.54, 1.807) is 0 Å². The molecule has 35 heavy (non-hydrogen) atoms. The number of benzene rings is 1. The molecule has 1 aromatic carbocycles. The average Bonchev–Trinajstić information content (AvgIpc) is 3.43. The van der Waals surface area contributed by atoms with E-state index in [-0.39, 0.29) is 36.9 Å². The molecule has 2 aliphatic carbocycles. The minimum Gasteiger partial charge on any atom is -0.469 e. The second-order valence-electron chi connectivity index (χ2n) is 10.7. The Morgan fingerprint density at radius 3 is 2.29 bits per heavy atom. The second kappa shape index (κ2) is 12.0. The highest BCUT2D eigenvalue weighted by Crippen LogP contribution is 2.43. The van der Waals surface area contributed by atoms with Crippen LogP contribution in [0.25, 0.3) is 0 Å². The van der Waals surface area contributed by atoms with Gasteiger partial charge in [0.15, 0.2) is 12.6 Å². The van der Waals surface area contributed by atoms with Crippen molar-refractivity contribution in [3.8, 4) is 0 Å². The van der Waals surface area contributed by atoms with E-state index in [1.807, 2.05) is 0 Å². The number of hydrogen-bond donors (Lipinski definition) is 1. The summed E-state index contributed by atoms with van der Waals surface area (Å²) in [7, 11) is 0. The van der Waals surface area contributed by atoms with E-state index >= 15 is 0 Å². The lowest BCUT2D eigenvalue weighted by molar-refractivity contribution is -0.201. The Morgan fingerprint density at radius 1 is 0.971 bits per heavy atom. The number of ether oxygens (including phenoxy) is 4. The largest absolute Gasteiger partial charge is 0.469 e. The maximum absolute atomic E-state index is 11.6. The SMILES string of the molecule is O=CC[C@H]1[C@H](C(=CCC2Cc3ccccc3C2)OC2CCCCO2)[C@H](OC2CCCCO2)C[C@H]1O. The first-order valence-corrected chi connectivity index (χ1v) is 13.6. The summed E-state index contributed by atoms with van der Waals surface area (Å²) >= 11 is 0. The molecule has 0 bridgehead atoms. The van der Waals surface area contributed by atoms with E-state index in [2.05, 4.69) is 30.3 Å². The van der Waals surface area contributed by atoms with Gasteiger partial charge in [0.25, 0.3) is 0 Å². The Morgan fingerprint density at radius 2 is 1.66 bits per heavy atom. The number of carbonyl (C=O) groups is 1. The van der Waals surface area contributed by atoms with Crippen molar-refractivity contribution in [1.29, 1.82) is 0 Å². The number of carbonyl (C=O) groups excluding carboxylic acids is 1. The normalized spacial score (nSPS) is 34.0. The molecule has 1 saturated carbocycles. The van der Waals surface area contributed by atoms with Crippen molar-refractivity contribution in [1.82, 2.24) is 0 Å². The van der Waals surface area contributed by atoms with Gasteiger partial charge >= 0.3 is 0 Å². The number of aliphatic hydroxyl groups excluding tert-OH is 1. The summed E-state index contributed by atoms with van der Waals surface area (Å²) in [5.74, 6) is 0.943. The van der Waals surface area contributed by atoms with E-state index in [0.29, 0.717) is 25.6 Å². The van der Waals surface area contributed by atoms with E-state index in [4.69, 9.17) is 18.9 Å². The van der Waals surface area contributed by atoms with Gasteiger partial charge in [0, 0.05) is 37.7 Å². The van der Waals surface area contributed by atoms with Gasteiger partial charge in [-0.25, -0.2) is 0 Å². The van der Waals surface area contributed by atoms with Crippen LogP contribution < -0.4 is 0 Å². The van der Waals surface area contributed by atoms with E-state index < -0.39 is 6.10 Å². The number of allylic oxidation sites excluding steroid dienone is 1. The summed E-state index contributed by atoms with van der Waals surface area (Å²) in [6.45, 7) is 1.41. The third kappa shape index (κ3) is 6.16. The van der Waals surface area contributed by atoms with Crippen LogP contribution in [-0.4, -0.2) is 49.4 Å². The van der Waals surface area contributed by atoms with Crippen LogP contribution in [-0.2, 0) is 36.6 Å². The van der Waals surface area contributed by atoms with Crippen molar-refractivity contribution in [3.05, 3.63) is 47.2 Å². The predicted octanol–water partition coefficient (Wildman–Crippen LogP) is 4.72. The molecule has 6 nitrogen and oxygen atoms in total. The summed E-state index contributed by atoms with van der Waals surface area (Å²) in [6, 6.07) is 8.69. The maximum atomic E-state index is 11.6. The van der Waals surface area contributed by atoms with Crippen LogP contribution >= 0.6 is 0 Å². The van der Waals surface area contributed by atoms with Gasteiger partial charge in [-0.3, -0.25) is 0 Å². The molecule has 1 N–H and O–H groups in total. The molecule has 2 aliphatic heterocycles. The summed E-state index contributed by atoms with van der Waals surface area (Å²) in [5.41, 5.74) is 2.88. The number of rotatable bonds is 9. The van der Waals surface area contributed by atoms with Gasteiger partial charge in [0.1, 0.15) is 12.0 Å². The van der Waals surface area contributed by atoms with Crippen LogP contribution in [0, 0.1) is 17.8 Å². The molecule has 0 spiro atoms. The molecule has 2 heterocycles. The molecular formula is C29H40O6. The van der Waals surface area contributed by atoms with E-state index in [0.717, 1.165) is 69.8 Å². The molecule has 2 unspecified atom stereocenters. The Kier molecular flexibility index (Phi) is 8.55. The highest BCUT2D eigenvalue weighted by molar-refractivity contribution is 5.50. The van der Waals surface area contributed by atoms with Crippen molar-refractivity contribution < 1.29 is 28.8 Å². The third-order valence-electron chi connectivity index (χ3n) is 8.18. The van der Waals surface area contributed by atoms with Crippen molar-refractivity contribution in [2.24, 2.45) is 17.8 Å². The maximum Gasteiger partial charge on any atom is 0.199 e. The van der Waals surface area contributed by atoms with Gasteiger partial charge in [-0.2, -0.15) is 0 Å². The Bertz CT molecular complexity index is 831. The van der Waals surface area contributed by atoms with Crippen LogP contribution in [0.5, 0.6) is 0 Å². The molecule has 6 atom stereocenters. The van der Waals surface area contributed by atoms with Gasteiger partial charge < -0.3 is 28.8 Å². The van der Waals surface area contributed by atoms with Crippen LogP contribution in [0.1, 0.15) is 68.9 Å². The molecule has 192 valence electrons. The molecule has 6 heteroatoms. The first-order valence-electron chi connectivity index (χ1n) is 13.6. The van der Waals surface area contributed by atoms with E-state index in [1.165, 1.54) is 11.1 Å². The fourth-order valence-electron chi connectivity index (χ4n) is 6.36. The topological polar surface area (TPSA) is 74.2 Å². The number of aldehydes is 1. The molecular weight excluding hydrogens is 444 g/mol. The molecule has 4 aliphatic rings. The van der Waals surface area contributed by atoms with Crippen LogP contribution in [0.2, 0.25) is 0 Å². The number of fused-ring (bicyclic) bond motifs is 1. The Labute approximate surface area is 209 Å². The smallest absolute Gasteiger partial charge is 0.199 e. The zero-order valence-electron chi connectivity index (χ0n) is 20.7. The lowest BCUT2D eigenvalue weighted by atomic mass is 9.88. The summed E-state index contributed by atoms with van der Waals surface area (Å²) in [5, 5.41) is 10.9. The van der Waals surface area contributed by atoms with Crippen molar-refractivity contribution in [2.45, 2.75) is 95.4 Å². The molecule has 3 fully saturated rings. The summed E-state index contributed by atoms with van der Waals surface area (Å²) < 4.78 is 24.8. The van der Waals surface area contributed by atoms with Gasteiger partial charge in [-0.05, 0) is 74.5 Å². The van der Waals surface area contributed by atoms with Crippen LogP contribution in [0.4, 0.5) is 0 Å². The van der Waals surface area contributed by atoms with E-state index in [9.17, 15) is 9.90 Å². The Balaban J connectivity index is 1.37. The van der Waals surface area contributed by atoms with Gasteiger partial charge in [-0.1, -0.05) is 24.3 Å². The number of aliphatic hydroxyl groups is 1. The number of hydrogen-bond acceptors (Lipinski definition) is 6. The highest BCUT2D eigenvalue weighted by atomic mass is 16.7. The second-order valence-corrected chi connectivity index (χ2v) is 10.7. The average molecular weight is 485 g/mol. The predicted molar refractivity (Wildman–Crippen MR) is 131 cm³/mol. The fraction of sp³-hybridized carbons (Fsp3) is 0.690. The van der Waals surface area contributed by atoms with Gasteiger partial charge in [0.2, 0.25) is 0 Å². The Hall–Kier alpha value is -1.73. The van der Waals surface area contributed by atoms with Crippen molar-refractivity contribution in [3.63, 3.8) is 0 Å². The quantitative estimate of drug-likeness (QED) is 0.404. The molecule has 0 radical (unpaired) electrons. The molecule has 1 aromatic rings. The zero-order valence-corrected chi connectivity index (χ0v) is 20.7. The monoisotopic (exact) mass is 484 g/mol. The van der Waals surface area contributed by atoms with Crippen molar-refractivity contribution >= 4 is 6.29 Å². The lowest BCUT2D eigenvalue weighted by Crippen LogP contribution is -2.34. The minimum absolute atomic E-state index is 0.185. The summed E-state index contributed by atoms with van der Waals surface area (Å²) in [4.78, 5) is 11.6. The standard InChI is InChI=1S/C29H40O6/c30-14-13-23-24(31)19-26(35-28-10-4-6-16-33-28)29(23)25(34-27-9-3-5-15-32-27)12-11-20-17-21-7-1-2-8-22(21)18-20/h1-2,7-8,12,14,20,23-24,26-29,31H,3-6,9-11,13,15-19H2/t23-,24-,26-,27?,28?,29-/m1/s1. The zero-order chi connectivity index (χ0) is 24.0. The molecule has 0 aromatic heterocycles. The lowest BCUT2D eigenvalue weighted by Gasteiger charge is -2.33. The van der Waals surface area contributed by atoms with Gasteiger partial charge in [-0.15, -0.1) is 0 Å². The highest BCUT2D eigenvalue weighted by Gasteiger charge is 2.47. The van der Waals surface area contributed by atoms with Gasteiger partial charge in [0.05, 0.1) is 18.8 Å². The molecule has 0 amide bonds. The van der Waals surface area contributed by atoms with Crippen LogP contribution in [0.15, 0.2) is 36.1 Å². The fourth-order valence-corrected chi connectivity index (χ4v) is 6.36.